The van der Waals surface area contributed by atoms with Gasteiger partial charge in [0.2, 0.25) is 0 Å². The molecule has 0 saturated heterocycles. The van der Waals surface area contributed by atoms with Gasteiger partial charge in [0, 0.05) is 27.0 Å². The van der Waals surface area contributed by atoms with E-state index >= 15 is 0 Å². The number of hydrogen-bond donors (Lipinski definition) is 1. The summed E-state index contributed by atoms with van der Waals surface area (Å²) in [6.07, 6.45) is 0.592. The monoisotopic (exact) mass is 347 g/mol. The minimum absolute atomic E-state index is 0.0465. The van der Waals surface area contributed by atoms with E-state index in [9.17, 15) is 4.79 Å². The Balaban J connectivity index is 2.04. The van der Waals surface area contributed by atoms with Crippen molar-refractivity contribution in [1.82, 2.24) is 4.98 Å². The van der Waals surface area contributed by atoms with Crippen LogP contribution < -0.4 is 5.56 Å². The third-order valence-electron chi connectivity index (χ3n) is 3.19. The molecule has 0 atom stereocenters. The Bertz CT molecular complexity index is 824. The van der Waals surface area contributed by atoms with Crippen LogP contribution in [-0.2, 0) is 6.42 Å². The van der Waals surface area contributed by atoms with Crippen molar-refractivity contribution in [3.63, 3.8) is 0 Å². The van der Waals surface area contributed by atoms with Gasteiger partial charge >= 0.3 is 0 Å². The largest absolute Gasteiger partial charge is 0.322 e. The maximum atomic E-state index is 12.1. The van der Waals surface area contributed by atoms with Crippen molar-refractivity contribution in [2.45, 2.75) is 6.42 Å². The van der Waals surface area contributed by atoms with Gasteiger partial charge in [-0.1, -0.05) is 39.7 Å². The first-order valence-electron chi connectivity index (χ1n) is 6.18. The molecule has 0 bridgehead atoms. The van der Waals surface area contributed by atoms with Gasteiger partial charge in [0.15, 0.2) is 0 Å². The number of aromatic nitrogens is 1. The lowest BCUT2D eigenvalue weighted by Gasteiger charge is -2.04. The zero-order valence-electron chi connectivity index (χ0n) is 10.5. The lowest BCUT2D eigenvalue weighted by atomic mass is 10.0. The number of pyridine rings is 1. The summed E-state index contributed by atoms with van der Waals surface area (Å²) in [6, 6.07) is 15.3. The number of H-pyrrole nitrogens is 1. The van der Waals surface area contributed by atoms with Crippen LogP contribution in [0.1, 0.15) is 11.1 Å². The van der Waals surface area contributed by atoms with E-state index < -0.39 is 0 Å². The third kappa shape index (κ3) is 2.79. The second kappa shape index (κ2) is 5.43. The van der Waals surface area contributed by atoms with Crippen LogP contribution in [0.4, 0.5) is 0 Å². The van der Waals surface area contributed by atoms with Gasteiger partial charge in [-0.2, -0.15) is 0 Å². The van der Waals surface area contributed by atoms with Crippen molar-refractivity contribution < 1.29 is 0 Å². The summed E-state index contributed by atoms with van der Waals surface area (Å²) in [5, 5.41) is 1.72. The van der Waals surface area contributed by atoms with Crippen LogP contribution in [0.5, 0.6) is 0 Å². The summed E-state index contributed by atoms with van der Waals surface area (Å²) in [6.45, 7) is 0. The van der Waals surface area contributed by atoms with Gasteiger partial charge in [-0.05, 0) is 47.3 Å². The predicted molar refractivity (Wildman–Crippen MR) is 86.5 cm³/mol. The minimum atomic E-state index is -0.0465. The molecule has 0 aliphatic heterocycles. The van der Waals surface area contributed by atoms with Gasteiger partial charge < -0.3 is 4.98 Å². The molecular weight excluding hydrogens is 338 g/mol. The normalized spacial score (nSPS) is 10.9. The van der Waals surface area contributed by atoms with E-state index in [4.69, 9.17) is 11.6 Å². The Kier molecular flexibility index (Phi) is 3.64. The summed E-state index contributed by atoms with van der Waals surface area (Å²) in [5.41, 5.74) is 2.61. The Morgan fingerprint density at radius 2 is 1.80 bits per heavy atom. The molecule has 2 nitrogen and oxygen atoms in total. The highest BCUT2D eigenvalue weighted by molar-refractivity contribution is 9.10. The molecule has 0 unspecified atom stereocenters. The molecule has 0 fully saturated rings. The SMILES string of the molecule is O=c1[nH]c2ccc(Br)cc2cc1Cc1ccc(Cl)cc1. The molecule has 0 radical (unpaired) electrons. The van der Waals surface area contributed by atoms with Gasteiger partial charge in [0.05, 0.1) is 0 Å². The molecule has 3 rings (SSSR count). The average molecular weight is 349 g/mol. The first kappa shape index (κ1) is 13.4. The molecule has 1 heterocycles. The summed E-state index contributed by atoms with van der Waals surface area (Å²) in [5.74, 6) is 0. The molecule has 4 heteroatoms. The van der Waals surface area contributed by atoms with Crippen LogP contribution in [0.3, 0.4) is 0 Å². The quantitative estimate of drug-likeness (QED) is 0.725. The number of halogens is 2. The van der Waals surface area contributed by atoms with E-state index in [1.165, 1.54) is 0 Å². The van der Waals surface area contributed by atoms with Gasteiger partial charge in [0.25, 0.3) is 5.56 Å². The van der Waals surface area contributed by atoms with Gasteiger partial charge in [-0.25, -0.2) is 0 Å². The van der Waals surface area contributed by atoms with Crippen molar-refractivity contribution in [1.29, 1.82) is 0 Å². The second-order valence-electron chi connectivity index (χ2n) is 4.66. The molecule has 0 aliphatic carbocycles. The Hall–Kier alpha value is -1.58. The lowest BCUT2D eigenvalue weighted by Crippen LogP contribution is -2.12. The van der Waals surface area contributed by atoms with Crippen molar-refractivity contribution in [2.24, 2.45) is 0 Å². The van der Waals surface area contributed by atoms with E-state index in [-0.39, 0.29) is 5.56 Å². The topological polar surface area (TPSA) is 32.9 Å². The molecular formula is C16H11BrClNO. The van der Waals surface area contributed by atoms with E-state index in [2.05, 4.69) is 20.9 Å². The minimum Gasteiger partial charge on any atom is -0.322 e. The molecule has 0 spiro atoms. The molecule has 1 N–H and O–H groups in total. The first-order valence-corrected chi connectivity index (χ1v) is 7.35. The van der Waals surface area contributed by atoms with Crippen LogP contribution >= 0.6 is 27.5 Å². The Labute approximate surface area is 129 Å². The molecule has 0 aliphatic rings. The number of aromatic amines is 1. The van der Waals surface area contributed by atoms with Crippen LogP contribution in [0, 0.1) is 0 Å². The second-order valence-corrected chi connectivity index (χ2v) is 6.01. The lowest BCUT2D eigenvalue weighted by molar-refractivity contribution is 1.12. The molecule has 100 valence electrons. The first-order chi connectivity index (χ1) is 9.61. The maximum absolute atomic E-state index is 12.1. The standard InChI is InChI=1S/C16H11BrClNO/c17-13-3-6-15-11(9-13)8-12(16(20)19-15)7-10-1-4-14(18)5-2-10/h1-6,8-9H,7H2,(H,19,20). The Morgan fingerprint density at radius 1 is 1.05 bits per heavy atom. The summed E-state index contributed by atoms with van der Waals surface area (Å²) in [7, 11) is 0. The number of rotatable bonds is 2. The average Bonchev–Trinajstić information content (AvgIpc) is 2.42. The zero-order chi connectivity index (χ0) is 14.1. The fraction of sp³-hybridized carbons (Fsp3) is 0.0625. The molecule has 3 aromatic rings. The number of benzene rings is 2. The molecule has 0 saturated carbocycles. The molecule has 1 aromatic heterocycles. The predicted octanol–water partition coefficient (Wildman–Crippen LogP) is 4.53. The van der Waals surface area contributed by atoms with Crippen molar-refractivity contribution in [2.75, 3.05) is 0 Å². The van der Waals surface area contributed by atoms with E-state index in [1.54, 1.807) is 0 Å². The zero-order valence-corrected chi connectivity index (χ0v) is 12.8. The highest BCUT2D eigenvalue weighted by Gasteiger charge is 2.05. The van der Waals surface area contributed by atoms with Gasteiger partial charge in [-0.15, -0.1) is 0 Å². The third-order valence-corrected chi connectivity index (χ3v) is 3.94. The van der Waals surface area contributed by atoms with Crippen molar-refractivity contribution >= 4 is 38.4 Å². The smallest absolute Gasteiger partial charge is 0.251 e. The van der Waals surface area contributed by atoms with Crippen LogP contribution in [-0.4, -0.2) is 4.98 Å². The number of hydrogen-bond acceptors (Lipinski definition) is 1. The van der Waals surface area contributed by atoms with Crippen LogP contribution in [0.25, 0.3) is 10.9 Å². The highest BCUT2D eigenvalue weighted by Crippen LogP contribution is 2.19. The molecule has 2 aromatic carbocycles. The van der Waals surface area contributed by atoms with Crippen LogP contribution in [0.15, 0.2) is 57.8 Å². The maximum Gasteiger partial charge on any atom is 0.251 e. The number of nitrogens with one attached hydrogen (secondary N) is 1. The van der Waals surface area contributed by atoms with Gasteiger partial charge in [0.1, 0.15) is 0 Å². The van der Waals surface area contributed by atoms with Crippen molar-refractivity contribution in [3.05, 3.63) is 79.5 Å². The van der Waals surface area contributed by atoms with E-state index in [0.29, 0.717) is 11.4 Å². The molecule has 0 amide bonds. The summed E-state index contributed by atoms with van der Waals surface area (Å²) >= 11 is 9.31. The fourth-order valence-corrected chi connectivity index (χ4v) is 2.68. The molecule has 20 heavy (non-hydrogen) atoms. The van der Waals surface area contributed by atoms with E-state index in [1.807, 2.05) is 48.5 Å². The summed E-state index contributed by atoms with van der Waals surface area (Å²) < 4.78 is 0.995. The number of fused-ring (bicyclic) bond motifs is 1. The van der Waals surface area contributed by atoms with Gasteiger partial charge in [-0.3, -0.25) is 4.79 Å². The van der Waals surface area contributed by atoms with Crippen molar-refractivity contribution in [3.8, 4) is 0 Å². The van der Waals surface area contributed by atoms with Crippen LogP contribution in [0.2, 0.25) is 5.02 Å². The van der Waals surface area contributed by atoms with E-state index in [0.717, 1.165) is 26.5 Å². The summed E-state index contributed by atoms with van der Waals surface area (Å²) in [4.78, 5) is 15.0. The highest BCUT2D eigenvalue weighted by atomic mass is 79.9. The fourth-order valence-electron chi connectivity index (χ4n) is 2.18. The Morgan fingerprint density at radius 3 is 2.55 bits per heavy atom.